The molecule has 0 aliphatic heterocycles. The van der Waals surface area contributed by atoms with Crippen molar-refractivity contribution >= 4 is 11.3 Å². The SMILES string of the molecule is CCCNCC1(Cc2ccc(CC)s2)CCCCC1. The topological polar surface area (TPSA) is 12.0 Å². The molecule has 2 heteroatoms. The molecule has 1 fully saturated rings. The van der Waals surface area contributed by atoms with Crippen LogP contribution in [-0.4, -0.2) is 13.1 Å². The predicted octanol–water partition coefficient (Wildman–Crippen LogP) is 4.80. The molecule has 0 radical (unpaired) electrons. The maximum atomic E-state index is 3.69. The summed E-state index contributed by atoms with van der Waals surface area (Å²) in [6.07, 6.45) is 10.9. The molecule has 108 valence electrons. The number of nitrogens with one attached hydrogen (secondary N) is 1. The number of thiophene rings is 1. The number of rotatable bonds is 7. The van der Waals surface area contributed by atoms with Crippen molar-refractivity contribution in [1.29, 1.82) is 0 Å². The molecular formula is C17H29NS. The van der Waals surface area contributed by atoms with Crippen LogP contribution in [0.25, 0.3) is 0 Å². The lowest BCUT2D eigenvalue weighted by Crippen LogP contribution is -2.38. The Labute approximate surface area is 122 Å². The van der Waals surface area contributed by atoms with E-state index in [1.54, 1.807) is 9.75 Å². The summed E-state index contributed by atoms with van der Waals surface area (Å²) in [5, 5.41) is 3.69. The second-order valence-corrected chi connectivity index (χ2v) is 7.39. The van der Waals surface area contributed by atoms with Crippen molar-refractivity contribution in [2.75, 3.05) is 13.1 Å². The molecule has 0 aromatic carbocycles. The zero-order chi connectivity index (χ0) is 13.6. The van der Waals surface area contributed by atoms with E-state index in [0.717, 1.165) is 0 Å². The summed E-state index contributed by atoms with van der Waals surface area (Å²) < 4.78 is 0. The summed E-state index contributed by atoms with van der Waals surface area (Å²) in [7, 11) is 0. The normalized spacial score (nSPS) is 18.6. The lowest BCUT2D eigenvalue weighted by molar-refractivity contribution is 0.182. The first-order valence-corrected chi connectivity index (χ1v) is 8.88. The highest BCUT2D eigenvalue weighted by molar-refractivity contribution is 7.11. The summed E-state index contributed by atoms with van der Waals surface area (Å²) >= 11 is 2.04. The fourth-order valence-electron chi connectivity index (χ4n) is 3.33. The third-order valence-corrected chi connectivity index (χ3v) is 5.69. The highest BCUT2D eigenvalue weighted by Gasteiger charge is 2.32. The van der Waals surface area contributed by atoms with Crippen LogP contribution in [0.5, 0.6) is 0 Å². The monoisotopic (exact) mass is 279 g/mol. The summed E-state index contributed by atoms with van der Waals surface area (Å²) in [6.45, 7) is 6.91. The van der Waals surface area contributed by atoms with Gasteiger partial charge in [-0.15, -0.1) is 11.3 Å². The molecule has 1 aliphatic carbocycles. The smallest absolute Gasteiger partial charge is 0.00541 e. The van der Waals surface area contributed by atoms with E-state index in [0.29, 0.717) is 5.41 Å². The van der Waals surface area contributed by atoms with Crippen LogP contribution in [0.15, 0.2) is 12.1 Å². The van der Waals surface area contributed by atoms with Gasteiger partial charge in [-0.05, 0) is 56.2 Å². The van der Waals surface area contributed by atoms with Gasteiger partial charge in [0.05, 0.1) is 0 Å². The first-order chi connectivity index (χ1) is 9.28. The molecule has 1 saturated carbocycles. The van der Waals surface area contributed by atoms with Gasteiger partial charge < -0.3 is 5.32 Å². The van der Waals surface area contributed by atoms with Crippen LogP contribution in [0.2, 0.25) is 0 Å². The van der Waals surface area contributed by atoms with Gasteiger partial charge >= 0.3 is 0 Å². The van der Waals surface area contributed by atoms with Gasteiger partial charge in [-0.1, -0.05) is 33.1 Å². The highest BCUT2D eigenvalue weighted by atomic mass is 32.1. The van der Waals surface area contributed by atoms with Crippen molar-refractivity contribution in [2.45, 2.75) is 65.2 Å². The summed E-state index contributed by atoms with van der Waals surface area (Å²) in [4.78, 5) is 3.15. The standard InChI is InChI=1S/C17H29NS/c1-3-12-18-14-17(10-6-5-7-11-17)13-16-9-8-15(4-2)19-16/h8-9,18H,3-7,10-14H2,1-2H3. The zero-order valence-electron chi connectivity index (χ0n) is 12.6. The maximum absolute atomic E-state index is 3.69. The first kappa shape index (κ1) is 15.1. The minimum Gasteiger partial charge on any atom is -0.316 e. The Morgan fingerprint density at radius 1 is 1.11 bits per heavy atom. The number of hydrogen-bond acceptors (Lipinski definition) is 2. The molecule has 0 saturated heterocycles. The minimum atomic E-state index is 0.545. The Kier molecular flexibility index (Phi) is 5.90. The Hall–Kier alpha value is -0.340. The number of aryl methyl sites for hydroxylation is 1. The third-order valence-electron chi connectivity index (χ3n) is 4.46. The van der Waals surface area contributed by atoms with Crippen molar-refractivity contribution in [1.82, 2.24) is 5.32 Å². The van der Waals surface area contributed by atoms with E-state index in [1.165, 1.54) is 64.5 Å². The predicted molar refractivity (Wildman–Crippen MR) is 86.1 cm³/mol. The lowest BCUT2D eigenvalue weighted by atomic mass is 9.71. The van der Waals surface area contributed by atoms with E-state index in [2.05, 4.69) is 31.3 Å². The van der Waals surface area contributed by atoms with Gasteiger partial charge in [0.2, 0.25) is 0 Å². The van der Waals surface area contributed by atoms with Crippen LogP contribution < -0.4 is 5.32 Å². The van der Waals surface area contributed by atoms with E-state index in [1.807, 2.05) is 11.3 Å². The molecule has 1 heterocycles. The Balaban J connectivity index is 1.99. The van der Waals surface area contributed by atoms with E-state index in [9.17, 15) is 0 Å². The minimum absolute atomic E-state index is 0.545. The van der Waals surface area contributed by atoms with E-state index in [-0.39, 0.29) is 0 Å². The second kappa shape index (κ2) is 7.44. The molecule has 1 aromatic heterocycles. The second-order valence-electron chi connectivity index (χ2n) is 6.14. The van der Waals surface area contributed by atoms with Crippen LogP contribution in [0.3, 0.4) is 0 Å². The average Bonchev–Trinajstić information content (AvgIpc) is 2.87. The van der Waals surface area contributed by atoms with Crippen LogP contribution in [-0.2, 0) is 12.8 Å². The van der Waals surface area contributed by atoms with Gasteiger partial charge in [0.15, 0.2) is 0 Å². The molecule has 0 spiro atoms. The molecule has 1 aliphatic rings. The van der Waals surface area contributed by atoms with Crippen LogP contribution in [0.1, 0.15) is 62.1 Å². The highest BCUT2D eigenvalue weighted by Crippen LogP contribution is 2.40. The molecule has 2 rings (SSSR count). The largest absolute Gasteiger partial charge is 0.316 e. The van der Waals surface area contributed by atoms with Gasteiger partial charge in [-0.25, -0.2) is 0 Å². The van der Waals surface area contributed by atoms with Gasteiger partial charge in [0.25, 0.3) is 0 Å². The van der Waals surface area contributed by atoms with Gasteiger partial charge in [0, 0.05) is 16.3 Å². The summed E-state index contributed by atoms with van der Waals surface area (Å²) in [6, 6.07) is 4.70. The zero-order valence-corrected chi connectivity index (χ0v) is 13.5. The summed E-state index contributed by atoms with van der Waals surface area (Å²) in [5.41, 5.74) is 0.545. The Bertz CT molecular complexity index is 363. The van der Waals surface area contributed by atoms with Gasteiger partial charge in [-0.2, -0.15) is 0 Å². The Morgan fingerprint density at radius 3 is 2.47 bits per heavy atom. The van der Waals surface area contributed by atoms with Crippen LogP contribution in [0, 0.1) is 5.41 Å². The fraction of sp³-hybridized carbons (Fsp3) is 0.765. The quantitative estimate of drug-likeness (QED) is 0.707. The molecule has 1 nitrogen and oxygen atoms in total. The lowest BCUT2D eigenvalue weighted by Gasteiger charge is -2.37. The molecule has 0 amide bonds. The van der Waals surface area contributed by atoms with E-state index < -0.39 is 0 Å². The third kappa shape index (κ3) is 4.32. The van der Waals surface area contributed by atoms with Crippen molar-refractivity contribution in [3.05, 3.63) is 21.9 Å². The maximum Gasteiger partial charge on any atom is 0.00541 e. The van der Waals surface area contributed by atoms with Crippen molar-refractivity contribution in [3.8, 4) is 0 Å². The van der Waals surface area contributed by atoms with Crippen molar-refractivity contribution in [3.63, 3.8) is 0 Å². The fourth-order valence-corrected chi connectivity index (χ4v) is 4.46. The van der Waals surface area contributed by atoms with Crippen LogP contribution >= 0.6 is 11.3 Å². The van der Waals surface area contributed by atoms with Gasteiger partial charge in [0.1, 0.15) is 0 Å². The van der Waals surface area contributed by atoms with E-state index >= 15 is 0 Å². The molecule has 19 heavy (non-hydrogen) atoms. The average molecular weight is 279 g/mol. The van der Waals surface area contributed by atoms with Crippen LogP contribution in [0.4, 0.5) is 0 Å². The molecule has 1 N–H and O–H groups in total. The summed E-state index contributed by atoms with van der Waals surface area (Å²) in [5.74, 6) is 0. The van der Waals surface area contributed by atoms with Crippen molar-refractivity contribution < 1.29 is 0 Å². The Morgan fingerprint density at radius 2 is 1.84 bits per heavy atom. The molecule has 1 aromatic rings. The molecule has 0 atom stereocenters. The molecule has 0 bridgehead atoms. The number of hydrogen-bond donors (Lipinski definition) is 1. The van der Waals surface area contributed by atoms with E-state index in [4.69, 9.17) is 0 Å². The van der Waals surface area contributed by atoms with Crippen molar-refractivity contribution in [2.24, 2.45) is 5.41 Å². The molecular weight excluding hydrogens is 250 g/mol. The first-order valence-electron chi connectivity index (χ1n) is 8.06. The van der Waals surface area contributed by atoms with Gasteiger partial charge in [-0.3, -0.25) is 0 Å². The molecule has 0 unspecified atom stereocenters.